The van der Waals surface area contributed by atoms with E-state index in [2.05, 4.69) is 28.1 Å². The zero-order valence-electron chi connectivity index (χ0n) is 11.6. The monoisotopic (exact) mass is 378 g/mol. The van der Waals surface area contributed by atoms with Crippen molar-refractivity contribution in [1.29, 1.82) is 0 Å². The predicted molar refractivity (Wildman–Crippen MR) is 98.6 cm³/mol. The maximum atomic E-state index is 12.8. The SMILES string of the molecule is CSC1=C(C(=O)c2ccc3ccccc3c2)CC(CBr)S1. The Kier molecular flexibility index (Phi) is 4.77. The van der Waals surface area contributed by atoms with Gasteiger partial charge in [0.05, 0.1) is 0 Å². The number of carbonyl (C=O) groups excluding carboxylic acids is 1. The van der Waals surface area contributed by atoms with E-state index in [4.69, 9.17) is 0 Å². The number of fused-ring (bicyclic) bond motifs is 1. The Morgan fingerprint density at radius 3 is 2.76 bits per heavy atom. The van der Waals surface area contributed by atoms with E-state index in [-0.39, 0.29) is 5.78 Å². The number of allylic oxidation sites excluding steroid dienone is 1. The summed E-state index contributed by atoms with van der Waals surface area (Å²) < 4.78 is 1.18. The van der Waals surface area contributed by atoms with Crippen LogP contribution in [-0.4, -0.2) is 22.6 Å². The number of carbonyl (C=O) groups is 1. The second kappa shape index (κ2) is 6.59. The average Bonchev–Trinajstić information content (AvgIpc) is 2.97. The Balaban J connectivity index is 1.96. The lowest BCUT2D eigenvalue weighted by molar-refractivity contribution is 0.103. The van der Waals surface area contributed by atoms with Gasteiger partial charge in [-0.1, -0.05) is 52.3 Å². The first-order valence-electron chi connectivity index (χ1n) is 6.76. The molecule has 1 heterocycles. The molecular weight excluding hydrogens is 364 g/mol. The van der Waals surface area contributed by atoms with Gasteiger partial charge in [0.2, 0.25) is 0 Å². The number of thioether (sulfide) groups is 2. The average molecular weight is 379 g/mol. The second-order valence-corrected chi connectivity index (χ2v) is 7.99. The third kappa shape index (κ3) is 3.08. The van der Waals surface area contributed by atoms with Crippen LogP contribution in [0, 0.1) is 0 Å². The lowest BCUT2D eigenvalue weighted by atomic mass is 9.98. The summed E-state index contributed by atoms with van der Waals surface area (Å²) in [7, 11) is 0. The molecule has 0 amide bonds. The van der Waals surface area contributed by atoms with E-state index in [1.807, 2.05) is 48.3 Å². The van der Waals surface area contributed by atoms with E-state index in [9.17, 15) is 4.79 Å². The first-order chi connectivity index (χ1) is 10.2. The molecular formula is C17H15BrOS2. The number of hydrogen-bond acceptors (Lipinski definition) is 3. The molecule has 21 heavy (non-hydrogen) atoms. The van der Waals surface area contributed by atoms with Crippen LogP contribution in [0.1, 0.15) is 16.8 Å². The van der Waals surface area contributed by atoms with E-state index in [0.29, 0.717) is 5.25 Å². The maximum absolute atomic E-state index is 12.8. The Labute approximate surface area is 141 Å². The minimum absolute atomic E-state index is 0.182. The fourth-order valence-electron chi connectivity index (χ4n) is 2.52. The minimum Gasteiger partial charge on any atom is -0.289 e. The van der Waals surface area contributed by atoms with Gasteiger partial charge in [0, 0.05) is 26.0 Å². The molecule has 0 aliphatic carbocycles. The molecule has 2 aromatic carbocycles. The molecule has 0 fully saturated rings. The Morgan fingerprint density at radius 2 is 2.05 bits per heavy atom. The summed E-state index contributed by atoms with van der Waals surface area (Å²) in [5.74, 6) is 0.182. The summed E-state index contributed by atoms with van der Waals surface area (Å²) >= 11 is 7.04. The Morgan fingerprint density at radius 1 is 1.29 bits per heavy atom. The van der Waals surface area contributed by atoms with Gasteiger partial charge in [-0.05, 0) is 29.5 Å². The molecule has 0 saturated heterocycles. The maximum Gasteiger partial charge on any atom is 0.190 e. The largest absolute Gasteiger partial charge is 0.289 e. The summed E-state index contributed by atoms with van der Waals surface area (Å²) in [6.45, 7) is 0. The van der Waals surface area contributed by atoms with Crippen molar-refractivity contribution in [2.45, 2.75) is 11.7 Å². The molecule has 3 rings (SSSR count). The van der Waals surface area contributed by atoms with Crippen molar-refractivity contribution < 1.29 is 4.79 Å². The molecule has 1 atom stereocenters. The van der Waals surface area contributed by atoms with Crippen molar-refractivity contribution in [3.8, 4) is 0 Å². The molecule has 0 spiro atoms. The zero-order valence-corrected chi connectivity index (χ0v) is 14.9. The van der Waals surface area contributed by atoms with Gasteiger partial charge in [0.1, 0.15) is 0 Å². The number of alkyl halides is 1. The van der Waals surface area contributed by atoms with Crippen molar-refractivity contribution in [2.75, 3.05) is 11.6 Å². The summed E-state index contributed by atoms with van der Waals surface area (Å²) in [6, 6.07) is 14.1. The van der Waals surface area contributed by atoms with E-state index in [0.717, 1.165) is 28.3 Å². The number of halogens is 1. The van der Waals surface area contributed by atoms with Gasteiger partial charge in [-0.3, -0.25) is 4.79 Å². The Bertz CT molecular complexity index is 724. The van der Waals surface area contributed by atoms with Crippen LogP contribution in [0.3, 0.4) is 0 Å². The third-order valence-electron chi connectivity index (χ3n) is 3.60. The van der Waals surface area contributed by atoms with Crippen LogP contribution < -0.4 is 0 Å². The van der Waals surface area contributed by atoms with Crippen LogP contribution in [0.25, 0.3) is 10.8 Å². The lowest BCUT2D eigenvalue weighted by Gasteiger charge is -2.06. The number of ketones is 1. The van der Waals surface area contributed by atoms with Crippen molar-refractivity contribution >= 4 is 56.0 Å². The normalized spacial score (nSPS) is 18.5. The van der Waals surface area contributed by atoms with Crippen LogP contribution in [0.4, 0.5) is 0 Å². The quantitative estimate of drug-likeness (QED) is 0.516. The molecule has 108 valence electrons. The summed E-state index contributed by atoms with van der Waals surface area (Å²) in [6.07, 6.45) is 2.91. The van der Waals surface area contributed by atoms with Crippen molar-refractivity contribution in [3.63, 3.8) is 0 Å². The molecule has 0 saturated carbocycles. The highest BCUT2D eigenvalue weighted by Gasteiger charge is 2.28. The topological polar surface area (TPSA) is 17.1 Å². The van der Waals surface area contributed by atoms with Crippen LogP contribution in [0.15, 0.2) is 52.3 Å². The Hall–Kier alpha value is -0.710. The van der Waals surface area contributed by atoms with Crippen LogP contribution in [0.5, 0.6) is 0 Å². The smallest absolute Gasteiger partial charge is 0.190 e. The summed E-state index contributed by atoms with van der Waals surface area (Å²) in [5.41, 5.74) is 1.78. The van der Waals surface area contributed by atoms with Crippen molar-refractivity contribution in [2.24, 2.45) is 0 Å². The van der Waals surface area contributed by atoms with Gasteiger partial charge in [0.25, 0.3) is 0 Å². The molecule has 0 aromatic heterocycles. The minimum atomic E-state index is 0.182. The van der Waals surface area contributed by atoms with E-state index >= 15 is 0 Å². The highest BCUT2D eigenvalue weighted by molar-refractivity contribution is 9.09. The fourth-order valence-corrected chi connectivity index (χ4v) is 5.30. The standard InChI is InChI=1S/C17H15BrOS2/c1-20-17-15(9-14(10-18)21-17)16(19)13-7-6-11-4-2-3-5-12(11)8-13/h2-8,14H,9-10H2,1H3. The second-order valence-electron chi connectivity index (χ2n) is 4.96. The van der Waals surface area contributed by atoms with Crippen LogP contribution in [0.2, 0.25) is 0 Å². The number of rotatable bonds is 4. The molecule has 2 aromatic rings. The van der Waals surface area contributed by atoms with E-state index in [1.165, 1.54) is 9.62 Å². The molecule has 1 nitrogen and oxygen atoms in total. The molecule has 1 aliphatic heterocycles. The van der Waals surface area contributed by atoms with E-state index in [1.54, 1.807) is 11.8 Å². The van der Waals surface area contributed by atoms with Gasteiger partial charge in [0.15, 0.2) is 5.78 Å². The van der Waals surface area contributed by atoms with Crippen LogP contribution >= 0.6 is 39.5 Å². The number of benzene rings is 2. The molecule has 1 aliphatic rings. The van der Waals surface area contributed by atoms with Gasteiger partial charge < -0.3 is 0 Å². The van der Waals surface area contributed by atoms with Crippen LogP contribution in [-0.2, 0) is 0 Å². The third-order valence-corrected chi connectivity index (χ3v) is 7.34. The zero-order chi connectivity index (χ0) is 14.8. The molecule has 1 unspecified atom stereocenters. The molecule has 4 heteroatoms. The summed E-state index contributed by atoms with van der Waals surface area (Å²) in [4.78, 5) is 12.8. The molecule has 0 N–H and O–H groups in total. The number of Topliss-reactive ketones (excluding diaryl/α,β-unsaturated/α-hetero) is 1. The van der Waals surface area contributed by atoms with Gasteiger partial charge in [-0.15, -0.1) is 23.5 Å². The highest BCUT2D eigenvalue weighted by Crippen LogP contribution is 2.45. The molecule has 0 radical (unpaired) electrons. The van der Waals surface area contributed by atoms with Gasteiger partial charge in [-0.2, -0.15) is 0 Å². The summed E-state index contributed by atoms with van der Waals surface area (Å²) in [5, 5.41) is 3.70. The first-order valence-corrected chi connectivity index (χ1v) is 9.98. The molecule has 0 bridgehead atoms. The lowest BCUT2D eigenvalue weighted by Crippen LogP contribution is -2.06. The van der Waals surface area contributed by atoms with Crippen molar-refractivity contribution in [1.82, 2.24) is 0 Å². The van der Waals surface area contributed by atoms with E-state index < -0.39 is 0 Å². The predicted octanol–water partition coefficient (Wildman–Crippen LogP) is 5.50. The fraction of sp³-hybridized carbons (Fsp3) is 0.235. The van der Waals surface area contributed by atoms with Gasteiger partial charge in [-0.25, -0.2) is 0 Å². The first kappa shape index (κ1) is 15.2. The number of hydrogen-bond donors (Lipinski definition) is 0. The highest BCUT2D eigenvalue weighted by atomic mass is 79.9. The van der Waals surface area contributed by atoms with Gasteiger partial charge >= 0.3 is 0 Å². The van der Waals surface area contributed by atoms with Crippen molar-refractivity contribution in [3.05, 3.63) is 57.8 Å².